The number of aliphatic hydroxyl groups excluding tert-OH is 1. The van der Waals surface area contributed by atoms with E-state index in [1.807, 2.05) is 0 Å². The maximum Gasteiger partial charge on any atom is 0.213 e. The minimum Gasteiger partial charge on any atom is -0.393 e. The first kappa shape index (κ1) is 9.08. The minimum atomic E-state index is -0.455. The summed E-state index contributed by atoms with van der Waals surface area (Å²) in [6, 6.07) is 0. The number of aromatic nitrogens is 2. The van der Waals surface area contributed by atoms with Crippen LogP contribution in [0.4, 0.5) is 5.13 Å². The summed E-state index contributed by atoms with van der Waals surface area (Å²) in [4.78, 5) is 13.9. The second-order valence-corrected chi connectivity index (χ2v) is 3.08. The number of nitrogens with one attached hydrogen (secondary N) is 1. The maximum atomic E-state index is 9.98. The Morgan fingerprint density at radius 1 is 1.83 bits per heavy atom. The van der Waals surface area contributed by atoms with Crippen LogP contribution in [-0.4, -0.2) is 27.0 Å². The molecule has 66 valence electrons. The van der Waals surface area contributed by atoms with Crippen LogP contribution in [0.2, 0.25) is 0 Å². The van der Waals surface area contributed by atoms with Crippen molar-refractivity contribution < 1.29 is 9.90 Å². The second-order valence-electron chi connectivity index (χ2n) is 2.33. The van der Waals surface area contributed by atoms with E-state index < -0.39 is 6.10 Å². The van der Waals surface area contributed by atoms with E-state index in [-0.39, 0.29) is 0 Å². The third-order valence-corrected chi connectivity index (χ3v) is 1.81. The molecule has 0 aliphatic heterocycles. The Morgan fingerprint density at radius 2 is 2.58 bits per heavy atom. The molecule has 1 aromatic rings. The molecule has 0 bridgehead atoms. The van der Waals surface area contributed by atoms with Crippen LogP contribution < -0.4 is 5.32 Å². The van der Waals surface area contributed by atoms with Gasteiger partial charge in [-0.2, -0.15) is 4.37 Å². The summed E-state index contributed by atoms with van der Waals surface area (Å²) < 4.78 is 3.92. The topological polar surface area (TPSA) is 75.1 Å². The molecule has 0 aliphatic carbocycles. The van der Waals surface area contributed by atoms with Crippen molar-refractivity contribution in [1.82, 2.24) is 9.36 Å². The Morgan fingerprint density at radius 3 is 3.17 bits per heavy atom. The molecule has 12 heavy (non-hydrogen) atoms. The summed E-state index contributed by atoms with van der Waals surface area (Å²) in [6.45, 7) is 1.66. The first-order valence-electron chi connectivity index (χ1n) is 3.43. The lowest BCUT2D eigenvalue weighted by Crippen LogP contribution is -2.05. The summed E-state index contributed by atoms with van der Waals surface area (Å²) >= 11 is 1.10. The van der Waals surface area contributed by atoms with Gasteiger partial charge in [0.1, 0.15) is 5.82 Å². The van der Waals surface area contributed by atoms with E-state index in [0.717, 1.165) is 11.5 Å². The van der Waals surface area contributed by atoms with E-state index in [2.05, 4.69) is 14.7 Å². The van der Waals surface area contributed by atoms with Crippen LogP contribution in [0.1, 0.15) is 12.7 Å². The molecule has 0 aromatic carbocycles. The number of aliphatic hydroxyl groups is 1. The average Bonchev–Trinajstić information content (AvgIpc) is 2.36. The highest BCUT2D eigenvalue weighted by Gasteiger charge is 2.05. The van der Waals surface area contributed by atoms with Gasteiger partial charge < -0.3 is 10.4 Å². The third kappa shape index (κ3) is 2.55. The Labute approximate surface area is 73.6 Å². The number of anilines is 1. The Bertz CT molecular complexity index is 261. The number of hydrogen-bond donors (Lipinski definition) is 2. The van der Waals surface area contributed by atoms with Crippen molar-refractivity contribution in [2.75, 3.05) is 5.32 Å². The van der Waals surface area contributed by atoms with Gasteiger partial charge in [0.05, 0.1) is 6.10 Å². The average molecular weight is 187 g/mol. The number of carbonyl (C=O) groups is 1. The number of hydrogen-bond acceptors (Lipinski definition) is 5. The molecule has 0 saturated carbocycles. The summed E-state index contributed by atoms with van der Waals surface area (Å²) in [5, 5.41) is 11.8. The fourth-order valence-electron chi connectivity index (χ4n) is 0.710. The van der Waals surface area contributed by atoms with Gasteiger partial charge in [-0.3, -0.25) is 4.79 Å². The predicted octanol–water partition coefficient (Wildman–Crippen LogP) is 0.0297. The van der Waals surface area contributed by atoms with Crippen LogP contribution in [0, 0.1) is 0 Å². The monoisotopic (exact) mass is 187 g/mol. The first-order chi connectivity index (χ1) is 5.72. The number of carbonyl (C=O) groups excluding carboxylic acids is 1. The number of rotatable bonds is 4. The fourth-order valence-corrected chi connectivity index (χ4v) is 1.26. The summed E-state index contributed by atoms with van der Waals surface area (Å²) in [7, 11) is 0. The molecule has 1 atom stereocenters. The minimum absolute atomic E-state index is 0.414. The Hall–Kier alpha value is -1.01. The highest BCUT2D eigenvalue weighted by Crippen LogP contribution is 2.10. The lowest BCUT2D eigenvalue weighted by atomic mass is 10.3. The SMILES string of the molecule is CC(O)Cc1nsc(NC=O)n1. The van der Waals surface area contributed by atoms with Crippen LogP contribution >= 0.6 is 11.5 Å². The van der Waals surface area contributed by atoms with E-state index in [9.17, 15) is 4.79 Å². The van der Waals surface area contributed by atoms with Crippen LogP contribution in [0.5, 0.6) is 0 Å². The van der Waals surface area contributed by atoms with Gasteiger partial charge in [-0.1, -0.05) is 0 Å². The molecular weight excluding hydrogens is 178 g/mol. The Balaban J connectivity index is 2.57. The van der Waals surface area contributed by atoms with E-state index in [0.29, 0.717) is 23.8 Å². The molecule has 6 heteroatoms. The van der Waals surface area contributed by atoms with Gasteiger partial charge in [0.15, 0.2) is 0 Å². The van der Waals surface area contributed by atoms with Crippen molar-refractivity contribution in [2.45, 2.75) is 19.4 Å². The molecule has 1 unspecified atom stereocenters. The van der Waals surface area contributed by atoms with Gasteiger partial charge in [0.2, 0.25) is 11.5 Å². The molecular formula is C6H9N3O2S. The Kier molecular flexibility index (Phi) is 3.12. The van der Waals surface area contributed by atoms with Crippen LogP contribution in [0.15, 0.2) is 0 Å². The van der Waals surface area contributed by atoms with E-state index >= 15 is 0 Å². The predicted molar refractivity (Wildman–Crippen MR) is 45.0 cm³/mol. The van der Waals surface area contributed by atoms with Crippen molar-refractivity contribution in [3.05, 3.63) is 5.82 Å². The molecule has 0 saturated heterocycles. The molecule has 0 aliphatic rings. The zero-order valence-corrected chi connectivity index (χ0v) is 7.34. The van der Waals surface area contributed by atoms with E-state index in [1.165, 1.54) is 0 Å². The van der Waals surface area contributed by atoms with Gasteiger partial charge >= 0.3 is 0 Å². The smallest absolute Gasteiger partial charge is 0.213 e. The van der Waals surface area contributed by atoms with Gasteiger partial charge in [-0.15, -0.1) is 0 Å². The lowest BCUT2D eigenvalue weighted by Gasteiger charge is -1.96. The fraction of sp³-hybridized carbons (Fsp3) is 0.500. The lowest BCUT2D eigenvalue weighted by molar-refractivity contribution is -0.105. The van der Waals surface area contributed by atoms with E-state index in [1.54, 1.807) is 6.92 Å². The normalized spacial score (nSPS) is 12.5. The second kappa shape index (κ2) is 4.13. The highest BCUT2D eigenvalue weighted by atomic mass is 32.1. The quantitative estimate of drug-likeness (QED) is 0.652. The molecule has 5 nitrogen and oxygen atoms in total. The number of amides is 1. The molecule has 1 heterocycles. The van der Waals surface area contributed by atoms with Crippen molar-refractivity contribution in [1.29, 1.82) is 0 Å². The van der Waals surface area contributed by atoms with Gasteiger partial charge in [-0.05, 0) is 6.92 Å². The molecule has 0 fully saturated rings. The molecule has 1 aromatic heterocycles. The van der Waals surface area contributed by atoms with Gasteiger partial charge in [0, 0.05) is 18.0 Å². The van der Waals surface area contributed by atoms with Crippen LogP contribution in [0.3, 0.4) is 0 Å². The van der Waals surface area contributed by atoms with Gasteiger partial charge in [0.25, 0.3) is 0 Å². The van der Waals surface area contributed by atoms with E-state index in [4.69, 9.17) is 5.11 Å². The molecule has 0 radical (unpaired) electrons. The molecule has 1 amide bonds. The highest BCUT2D eigenvalue weighted by molar-refractivity contribution is 7.09. The molecule has 2 N–H and O–H groups in total. The van der Waals surface area contributed by atoms with Gasteiger partial charge in [-0.25, -0.2) is 4.98 Å². The largest absolute Gasteiger partial charge is 0.393 e. The third-order valence-electron chi connectivity index (χ3n) is 1.13. The summed E-state index contributed by atoms with van der Waals surface area (Å²) in [6.07, 6.45) is 0.507. The molecule has 0 spiro atoms. The first-order valence-corrected chi connectivity index (χ1v) is 4.20. The van der Waals surface area contributed by atoms with Crippen molar-refractivity contribution in [3.63, 3.8) is 0 Å². The van der Waals surface area contributed by atoms with Crippen molar-refractivity contribution in [2.24, 2.45) is 0 Å². The zero-order valence-electron chi connectivity index (χ0n) is 6.52. The van der Waals surface area contributed by atoms with Crippen molar-refractivity contribution in [3.8, 4) is 0 Å². The number of nitrogens with zero attached hydrogens (tertiary/aromatic N) is 2. The van der Waals surface area contributed by atoms with Crippen molar-refractivity contribution >= 4 is 23.1 Å². The summed E-state index contributed by atoms with van der Waals surface area (Å²) in [5.74, 6) is 0.555. The zero-order chi connectivity index (χ0) is 8.97. The summed E-state index contributed by atoms with van der Waals surface area (Å²) in [5.41, 5.74) is 0. The maximum absolute atomic E-state index is 9.98. The molecule has 1 rings (SSSR count). The van der Waals surface area contributed by atoms with Crippen LogP contribution in [0.25, 0.3) is 0 Å². The standard InChI is InChI=1S/C6H9N3O2S/c1-4(11)2-5-8-6(7-3-10)12-9-5/h3-4,11H,2H2,1H3,(H,7,8,9,10). The van der Waals surface area contributed by atoms with Crippen LogP contribution in [-0.2, 0) is 11.2 Å².